The normalized spacial score (nSPS) is 10.5. The second-order valence-corrected chi connectivity index (χ2v) is 6.12. The number of anilines is 1. The zero-order chi connectivity index (χ0) is 18.4. The van der Waals surface area contributed by atoms with Crippen LogP contribution < -0.4 is 15.6 Å². The fourth-order valence-electron chi connectivity index (χ4n) is 2.58. The van der Waals surface area contributed by atoms with Crippen molar-refractivity contribution >= 4 is 17.4 Å². The number of rotatable bonds is 7. The molecule has 0 saturated carbocycles. The van der Waals surface area contributed by atoms with E-state index in [-0.39, 0.29) is 5.56 Å². The van der Waals surface area contributed by atoms with Gasteiger partial charge in [-0.15, -0.1) is 0 Å². The van der Waals surface area contributed by atoms with Crippen molar-refractivity contribution in [3.8, 4) is 11.4 Å². The van der Waals surface area contributed by atoms with Crippen LogP contribution in [0.5, 0.6) is 5.75 Å². The molecule has 0 aliphatic heterocycles. The molecule has 3 rings (SSSR count). The van der Waals surface area contributed by atoms with Crippen molar-refractivity contribution in [1.29, 1.82) is 0 Å². The molecule has 0 saturated heterocycles. The lowest BCUT2D eigenvalue weighted by Gasteiger charge is -2.10. The van der Waals surface area contributed by atoms with Gasteiger partial charge >= 0.3 is 0 Å². The van der Waals surface area contributed by atoms with Crippen molar-refractivity contribution in [3.05, 3.63) is 81.9 Å². The van der Waals surface area contributed by atoms with Crippen molar-refractivity contribution in [3.63, 3.8) is 0 Å². The van der Waals surface area contributed by atoms with Gasteiger partial charge in [0.1, 0.15) is 5.75 Å². The van der Waals surface area contributed by atoms with Crippen LogP contribution in [-0.4, -0.2) is 22.7 Å². The number of ether oxygens (including phenoxy) is 1. The Hall–Kier alpha value is -2.79. The number of halogens is 1. The van der Waals surface area contributed by atoms with Crippen molar-refractivity contribution in [2.45, 2.75) is 13.3 Å². The topological polar surface area (TPSA) is 56.1 Å². The zero-order valence-corrected chi connectivity index (χ0v) is 15.2. The Bertz CT molecular complexity index is 906. The monoisotopic (exact) mass is 369 g/mol. The van der Waals surface area contributed by atoms with Crippen LogP contribution in [0.15, 0.2) is 65.7 Å². The smallest absolute Gasteiger partial charge is 0.297 e. The third-order valence-corrected chi connectivity index (χ3v) is 4.14. The highest BCUT2D eigenvalue weighted by atomic mass is 35.5. The lowest BCUT2D eigenvalue weighted by molar-refractivity contribution is 0.340. The summed E-state index contributed by atoms with van der Waals surface area (Å²) in [5.74, 6) is 1.11. The fourth-order valence-corrected chi connectivity index (χ4v) is 2.71. The SMILES string of the molecule is CCOc1ccc(-n2ccnc(NCCc3ccc(Cl)cc3)c2=O)cc1. The highest BCUT2D eigenvalue weighted by Crippen LogP contribution is 2.14. The van der Waals surface area contributed by atoms with Crippen LogP contribution in [0.3, 0.4) is 0 Å². The molecule has 6 heteroatoms. The maximum absolute atomic E-state index is 12.7. The summed E-state index contributed by atoms with van der Waals surface area (Å²) in [5, 5.41) is 3.83. The van der Waals surface area contributed by atoms with E-state index >= 15 is 0 Å². The number of nitrogens with one attached hydrogen (secondary N) is 1. The molecule has 0 bridgehead atoms. The van der Waals surface area contributed by atoms with E-state index in [1.54, 1.807) is 17.0 Å². The summed E-state index contributed by atoms with van der Waals surface area (Å²) >= 11 is 5.89. The molecule has 0 aliphatic carbocycles. The molecule has 0 aliphatic rings. The third-order valence-electron chi connectivity index (χ3n) is 3.89. The molecule has 1 aromatic heterocycles. The van der Waals surface area contributed by atoms with Crippen molar-refractivity contribution in [2.75, 3.05) is 18.5 Å². The molecule has 1 heterocycles. The molecule has 0 radical (unpaired) electrons. The minimum Gasteiger partial charge on any atom is -0.494 e. The molecule has 1 N–H and O–H groups in total. The Morgan fingerprint density at radius 2 is 1.85 bits per heavy atom. The van der Waals surface area contributed by atoms with Crippen LogP contribution in [0, 0.1) is 0 Å². The first-order chi connectivity index (χ1) is 12.7. The number of benzene rings is 2. The molecule has 3 aromatic rings. The Balaban J connectivity index is 1.70. The third kappa shape index (κ3) is 4.43. The Morgan fingerprint density at radius 1 is 1.12 bits per heavy atom. The van der Waals surface area contributed by atoms with Crippen molar-refractivity contribution in [2.24, 2.45) is 0 Å². The summed E-state index contributed by atoms with van der Waals surface area (Å²) in [6, 6.07) is 15.1. The molecular weight excluding hydrogens is 350 g/mol. The van der Waals surface area contributed by atoms with Gasteiger partial charge in [-0.05, 0) is 55.3 Å². The van der Waals surface area contributed by atoms with Gasteiger partial charge in [0.25, 0.3) is 5.56 Å². The number of nitrogens with zero attached hydrogens (tertiary/aromatic N) is 2. The molecule has 5 nitrogen and oxygen atoms in total. The van der Waals surface area contributed by atoms with Gasteiger partial charge < -0.3 is 10.1 Å². The molecule has 2 aromatic carbocycles. The highest BCUT2D eigenvalue weighted by Gasteiger charge is 2.06. The summed E-state index contributed by atoms with van der Waals surface area (Å²) < 4.78 is 7.00. The predicted octanol–water partition coefficient (Wildman–Crippen LogP) is 3.94. The van der Waals surface area contributed by atoms with Gasteiger partial charge in [0.15, 0.2) is 5.82 Å². The van der Waals surface area contributed by atoms with E-state index < -0.39 is 0 Å². The van der Waals surface area contributed by atoms with Gasteiger partial charge in [0.05, 0.1) is 6.61 Å². The second-order valence-electron chi connectivity index (χ2n) is 5.68. The van der Waals surface area contributed by atoms with Crippen LogP contribution in [0.1, 0.15) is 12.5 Å². The van der Waals surface area contributed by atoms with E-state index in [1.165, 1.54) is 0 Å². The Labute approximate surface area is 157 Å². The molecule has 134 valence electrons. The Morgan fingerprint density at radius 3 is 2.54 bits per heavy atom. The van der Waals surface area contributed by atoms with E-state index in [1.807, 2.05) is 55.5 Å². The molecule has 0 unspecified atom stereocenters. The minimum absolute atomic E-state index is 0.187. The summed E-state index contributed by atoms with van der Waals surface area (Å²) in [7, 11) is 0. The lowest BCUT2D eigenvalue weighted by atomic mass is 10.1. The molecular formula is C20H20ClN3O2. The van der Waals surface area contributed by atoms with Crippen LogP contribution >= 0.6 is 11.6 Å². The average Bonchev–Trinajstić information content (AvgIpc) is 2.66. The van der Waals surface area contributed by atoms with Gasteiger partial charge in [0.2, 0.25) is 0 Å². The summed E-state index contributed by atoms with van der Waals surface area (Å²) in [6.45, 7) is 3.15. The maximum atomic E-state index is 12.7. The largest absolute Gasteiger partial charge is 0.494 e. The van der Waals surface area contributed by atoms with Crippen molar-refractivity contribution < 1.29 is 4.74 Å². The summed E-state index contributed by atoms with van der Waals surface area (Å²) in [5.41, 5.74) is 1.72. The van der Waals surface area contributed by atoms with Gasteiger partial charge in [-0.3, -0.25) is 9.36 Å². The first-order valence-electron chi connectivity index (χ1n) is 8.46. The predicted molar refractivity (Wildman–Crippen MR) is 105 cm³/mol. The van der Waals surface area contributed by atoms with Crippen LogP contribution in [0.4, 0.5) is 5.82 Å². The van der Waals surface area contributed by atoms with Crippen LogP contribution in [0.2, 0.25) is 5.02 Å². The lowest BCUT2D eigenvalue weighted by Crippen LogP contribution is -2.24. The van der Waals surface area contributed by atoms with E-state index in [4.69, 9.17) is 16.3 Å². The zero-order valence-electron chi connectivity index (χ0n) is 14.5. The standard InChI is InChI=1S/C20H20ClN3O2/c1-2-26-18-9-7-17(8-10-18)24-14-13-23-19(20(24)25)22-12-11-15-3-5-16(21)6-4-15/h3-10,13-14H,2,11-12H2,1H3,(H,22,23). The quantitative estimate of drug-likeness (QED) is 0.685. The molecule has 0 atom stereocenters. The van der Waals surface area contributed by atoms with Gasteiger partial charge in [-0.2, -0.15) is 0 Å². The van der Waals surface area contributed by atoms with Gasteiger partial charge in [-0.1, -0.05) is 23.7 Å². The van der Waals surface area contributed by atoms with E-state index in [0.29, 0.717) is 24.0 Å². The van der Waals surface area contributed by atoms with Crippen molar-refractivity contribution in [1.82, 2.24) is 9.55 Å². The second kappa shape index (κ2) is 8.54. The maximum Gasteiger partial charge on any atom is 0.297 e. The summed E-state index contributed by atoms with van der Waals surface area (Å²) in [4.78, 5) is 16.8. The number of aromatic nitrogens is 2. The van der Waals surface area contributed by atoms with Gasteiger partial charge in [-0.25, -0.2) is 4.98 Å². The minimum atomic E-state index is -0.187. The first kappa shape index (κ1) is 18.0. The van der Waals surface area contributed by atoms with Crippen LogP contribution in [-0.2, 0) is 6.42 Å². The highest BCUT2D eigenvalue weighted by molar-refractivity contribution is 6.30. The first-order valence-corrected chi connectivity index (χ1v) is 8.84. The Kier molecular flexibility index (Phi) is 5.92. The molecule has 0 spiro atoms. The van der Waals surface area contributed by atoms with E-state index in [0.717, 1.165) is 23.4 Å². The van der Waals surface area contributed by atoms with Crippen LogP contribution in [0.25, 0.3) is 5.69 Å². The molecule has 26 heavy (non-hydrogen) atoms. The van der Waals surface area contributed by atoms with E-state index in [9.17, 15) is 4.79 Å². The average molecular weight is 370 g/mol. The number of hydrogen-bond acceptors (Lipinski definition) is 4. The molecule has 0 amide bonds. The number of hydrogen-bond donors (Lipinski definition) is 1. The molecule has 0 fully saturated rings. The van der Waals surface area contributed by atoms with Gasteiger partial charge in [0, 0.05) is 29.6 Å². The fraction of sp³-hybridized carbons (Fsp3) is 0.200. The van der Waals surface area contributed by atoms with E-state index in [2.05, 4.69) is 10.3 Å². The summed E-state index contributed by atoms with van der Waals surface area (Å²) in [6.07, 6.45) is 4.04.